The second kappa shape index (κ2) is 10.9. The predicted molar refractivity (Wildman–Crippen MR) is 124 cm³/mol. The molecule has 170 valence electrons. The maximum Gasteiger partial charge on any atom is 0.424 e. The normalized spacial score (nSPS) is 11.8. The summed E-state index contributed by atoms with van der Waals surface area (Å²) in [5.74, 6) is 0.362. The van der Waals surface area contributed by atoms with E-state index in [1.54, 1.807) is 6.92 Å². The molecule has 0 saturated heterocycles. The molecule has 0 aliphatic rings. The zero-order chi connectivity index (χ0) is 23.1. The van der Waals surface area contributed by atoms with Crippen LogP contribution in [0.4, 0.5) is 4.79 Å². The van der Waals surface area contributed by atoms with E-state index in [4.69, 9.17) is 9.47 Å². The lowest BCUT2D eigenvalue weighted by Gasteiger charge is -2.10. The van der Waals surface area contributed by atoms with Crippen molar-refractivity contribution in [3.63, 3.8) is 0 Å². The zero-order valence-electron chi connectivity index (χ0n) is 18.5. The standard InChI is InChI=1S/C24H28N2O5S/c1-4-16(3)31-23(28)26-22(27)21(32-24(26)29)14-18-7-10-20(11-8-18)30-13-12-19-9-6-17(5-2)15-25-19/h6-11,15-16,27H,4-5,12-14H2,1-3H3. The molecular formula is C24H28N2O5S. The van der Waals surface area contributed by atoms with Crippen molar-refractivity contribution in [3.8, 4) is 11.6 Å². The highest BCUT2D eigenvalue weighted by Gasteiger charge is 2.22. The number of aryl methyl sites for hydroxylation is 1. The Hall–Kier alpha value is -3.13. The molecule has 8 heteroatoms. The second-order valence-electron chi connectivity index (χ2n) is 7.48. The molecule has 0 bridgehead atoms. The van der Waals surface area contributed by atoms with Gasteiger partial charge in [-0.1, -0.05) is 43.4 Å². The minimum absolute atomic E-state index is 0.323. The average Bonchev–Trinajstić information content (AvgIpc) is 3.08. The van der Waals surface area contributed by atoms with Crippen LogP contribution in [0.5, 0.6) is 11.6 Å². The number of carbonyl (C=O) groups is 1. The third-order valence-electron chi connectivity index (χ3n) is 5.12. The largest absolute Gasteiger partial charge is 0.493 e. The lowest BCUT2D eigenvalue weighted by molar-refractivity contribution is 0.104. The van der Waals surface area contributed by atoms with Crippen molar-refractivity contribution < 1.29 is 19.4 Å². The van der Waals surface area contributed by atoms with E-state index < -0.39 is 11.0 Å². The van der Waals surface area contributed by atoms with Crippen LogP contribution in [0.25, 0.3) is 0 Å². The van der Waals surface area contributed by atoms with Crippen molar-refractivity contribution in [3.05, 3.63) is 74.0 Å². The van der Waals surface area contributed by atoms with Gasteiger partial charge in [0.25, 0.3) is 0 Å². The van der Waals surface area contributed by atoms with Crippen molar-refractivity contribution >= 4 is 17.4 Å². The highest BCUT2D eigenvalue weighted by atomic mass is 32.1. The lowest BCUT2D eigenvalue weighted by atomic mass is 10.1. The summed E-state index contributed by atoms with van der Waals surface area (Å²) in [4.78, 5) is 28.6. The highest BCUT2D eigenvalue weighted by Crippen LogP contribution is 2.25. The number of aromatic hydroxyl groups is 1. The molecule has 1 atom stereocenters. The van der Waals surface area contributed by atoms with E-state index >= 15 is 0 Å². The van der Waals surface area contributed by atoms with Crippen molar-refractivity contribution in [2.24, 2.45) is 0 Å². The fourth-order valence-electron chi connectivity index (χ4n) is 2.97. The molecular weight excluding hydrogens is 428 g/mol. The summed E-state index contributed by atoms with van der Waals surface area (Å²) in [6, 6.07) is 11.5. The summed E-state index contributed by atoms with van der Waals surface area (Å²) >= 11 is 0.835. The Morgan fingerprint density at radius 2 is 1.88 bits per heavy atom. The molecule has 0 aliphatic heterocycles. The number of ether oxygens (including phenoxy) is 2. The van der Waals surface area contributed by atoms with Crippen LogP contribution < -0.4 is 9.61 Å². The number of hydrogen-bond acceptors (Lipinski definition) is 7. The molecule has 2 aromatic heterocycles. The SMILES string of the molecule is CCc1ccc(CCOc2ccc(Cc3sc(=O)n(C(=O)OC(C)CC)c3O)cc2)nc1. The van der Waals surface area contributed by atoms with Gasteiger partial charge in [0.05, 0.1) is 11.5 Å². The fraction of sp³-hybridized carbons (Fsp3) is 0.375. The van der Waals surface area contributed by atoms with Crippen molar-refractivity contribution in [2.75, 3.05) is 6.61 Å². The summed E-state index contributed by atoms with van der Waals surface area (Å²) in [5, 5.41) is 10.4. The van der Waals surface area contributed by atoms with E-state index in [2.05, 4.69) is 18.0 Å². The molecule has 1 aromatic carbocycles. The van der Waals surface area contributed by atoms with Gasteiger partial charge in [-0.2, -0.15) is 4.57 Å². The Kier molecular flexibility index (Phi) is 8.05. The highest BCUT2D eigenvalue weighted by molar-refractivity contribution is 7.09. The Balaban J connectivity index is 1.57. The van der Waals surface area contributed by atoms with Crippen LogP contribution in [-0.2, 0) is 24.0 Å². The Bertz CT molecular complexity index is 1090. The molecule has 0 radical (unpaired) electrons. The van der Waals surface area contributed by atoms with Gasteiger partial charge in [-0.25, -0.2) is 4.79 Å². The number of aromatic nitrogens is 2. The van der Waals surface area contributed by atoms with E-state index in [9.17, 15) is 14.7 Å². The summed E-state index contributed by atoms with van der Waals surface area (Å²) in [6.45, 7) is 6.22. The number of carbonyl (C=O) groups excluding carboxylic acids is 1. The smallest absolute Gasteiger partial charge is 0.424 e. The van der Waals surface area contributed by atoms with Crippen molar-refractivity contribution in [1.82, 2.24) is 9.55 Å². The average molecular weight is 457 g/mol. The summed E-state index contributed by atoms with van der Waals surface area (Å²) < 4.78 is 11.6. The Morgan fingerprint density at radius 3 is 2.50 bits per heavy atom. The molecule has 32 heavy (non-hydrogen) atoms. The molecule has 2 heterocycles. The van der Waals surface area contributed by atoms with Gasteiger partial charge in [-0.3, -0.25) is 9.78 Å². The molecule has 0 amide bonds. The molecule has 1 unspecified atom stereocenters. The maximum atomic E-state index is 12.2. The van der Waals surface area contributed by atoms with Crippen LogP contribution in [-0.4, -0.2) is 33.5 Å². The summed E-state index contributed by atoms with van der Waals surface area (Å²) in [6.07, 6.45) is 3.33. The van der Waals surface area contributed by atoms with E-state index in [1.165, 1.54) is 5.56 Å². The number of hydrogen-bond donors (Lipinski definition) is 1. The fourth-order valence-corrected chi connectivity index (χ4v) is 3.85. The number of rotatable bonds is 9. The molecule has 0 saturated carbocycles. The minimum atomic E-state index is -0.855. The molecule has 0 aliphatic carbocycles. The molecule has 1 N–H and O–H groups in total. The summed E-state index contributed by atoms with van der Waals surface area (Å²) in [5.41, 5.74) is 3.08. The van der Waals surface area contributed by atoms with E-state index in [1.807, 2.05) is 43.5 Å². The van der Waals surface area contributed by atoms with E-state index in [-0.39, 0.29) is 12.0 Å². The van der Waals surface area contributed by atoms with E-state index in [0.29, 0.717) is 35.3 Å². The first kappa shape index (κ1) is 23.5. The molecule has 7 nitrogen and oxygen atoms in total. The van der Waals surface area contributed by atoms with Gasteiger partial charge >= 0.3 is 11.0 Å². The van der Waals surface area contributed by atoms with Gasteiger partial charge in [-0.05, 0) is 49.1 Å². The zero-order valence-corrected chi connectivity index (χ0v) is 19.4. The van der Waals surface area contributed by atoms with E-state index in [0.717, 1.165) is 34.8 Å². The quantitative estimate of drug-likeness (QED) is 0.507. The number of nitrogens with zero attached hydrogens (tertiary/aromatic N) is 2. The van der Waals surface area contributed by atoms with Gasteiger partial charge in [0.15, 0.2) is 0 Å². The first-order valence-electron chi connectivity index (χ1n) is 10.7. The number of thiazole rings is 1. The van der Waals surface area contributed by atoms with Gasteiger partial charge < -0.3 is 14.6 Å². The molecule has 0 spiro atoms. The Labute approximate surface area is 191 Å². The van der Waals surface area contributed by atoms with Crippen LogP contribution in [0.1, 0.15) is 48.9 Å². The molecule has 0 fully saturated rings. The topological polar surface area (TPSA) is 90.7 Å². The van der Waals surface area contributed by atoms with Crippen molar-refractivity contribution in [2.45, 2.75) is 52.6 Å². The lowest BCUT2D eigenvalue weighted by Crippen LogP contribution is -2.26. The Morgan fingerprint density at radius 1 is 1.16 bits per heavy atom. The van der Waals surface area contributed by atoms with Gasteiger partial charge in [-0.15, -0.1) is 0 Å². The third kappa shape index (κ3) is 5.97. The first-order valence-corrected chi connectivity index (χ1v) is 11.5. The van der Waals surface area contributed by atoms with Gasteiger partial charge in [0.1, 0.15) is 11.9 Å². The minimum Gasteiger partial charge on any atom is -0.493 e. The van der Waals surface area contributed by atoms with Crippen LogP contribution in [0.3, 0.4) is 0 Å². The van der Waals surface area contributed by atoms with Crippen molar-refractivity contribution in [1.29, 1.82) is 0 Å². The number of pyridine rings is 1. The van der Waals surface area contributed by atoms with Crippen LogP contribution in [0.2, 0.25) is 0 Å². The van der Waals surface area contributed by atoms with Crippen LogP contribution in [0, 0.1) is 0 Å². The molecule has 3 rings (SSSR count). The van der Waals surface area contributed by atoms with Crippen LogP contribution in [0.15, 0.2) is 47.4 Å². The second-order valence-corrected chi connectivity index (χ2v) is 8.53. The first-order chi connectivity index (χ1) is 15.4. The number of benzene rings is 1. The molecule has 3 aromatic rings. The van der Waals surface area contributed by atoms with Crippen LogP contribution >= 0.6 is 11.3 Å². The predicted octanol–water partition coefficient (Wildman–Crippen LogP) is 4.57. The van der Waals surface area contributed by atoms with Gasteiger partial charge in [0.2, 0.25) is 5.88 Å². The summed E-state index contributed by atoms with van der Waals surface area (Å²) in [7, 11) is 0. The van der Waals surface area contributed by atoms with Gasteiger partial charge in [0, 0.05) is 24.7 Å². The third-order valence-corrected chi connectivity index (χ3v) is 6.05. The monoisotopic (exact) mass is 456 g/mol. The maximum absolute atomic E-state index is 12.2.